The number of carbonyl (C=O) groups excluding carboxylic acids is 2. The van der Waals surface area contributed by atoms with E-state index in [0.717, 1.165) is 0 Å². The average molecular weight is 268 g/mol. The second-order valence-electron chi connectivity index (χ2n) is 3.39. The Labute approximate surface area is 108 Å². The molecule has 19 heavy (non-hydrogen) atoms. The van der Waals surface area contributed by atoms with Gasteiger partial charge in [0.05, 0.1) is 18.5 Å². The van der Waals surface area contributed by atoms with Crippen LogP contribution in [-0.2, 0) is 9.53 Å². The Bertz CT molecular complexity index is 471. The molecule has 0 atom stereocenters. The zero-order valence-electron chi connectivity index (χ0n) is 10.1. The Kier molecular flexibility index (Phi) is 5.27. The topological polar surface area (TPSA) is 108 Å². The van der Waals surface area contributed by atoms with Gasteiger partial charge in [-0.15, -0.1) is 0 Å². The third kappa shape index (κ3) is 5.02. The number of rotatable bonds is 5. The minimum Gasteiger partial charge on any atom is -0.469 e. The van der Waals surface area contributed by atoms with Gasteiger partial charge in [-0.1, -0.05) is 0 Å². The molecule has 0 fully saturated rings. The molecule has 0 unspecified atom stereocenters. The summed E-state index contributed by atoms with van der Waals surface area (Å²) in [4.78, 5) is 31.9. The number of esters is 1. The molecule has 0 aliphatic carbocycles. The molecule has 8 heteroatoms. The van der Waals surface area contributed by atoms with Gasteiger partial charge in [0.15, 0.2) is 0 Å². The SMILES string of the molecule is COC(=O)CCNC(=O)Oc1ccc([N+](=O)[O-])cc1. The molecule has 0 aliphatic heterocycles. The third-order valence-corrected chi connectivity index (χ3v) is 2.08. The number of nitrogens with zero attached hydrogens (tertiary/aromatic N) is 1. The van der Waals surface area contributed by atoms with Crippen molar-refractivity contribution in [3.8, 4) is 5.75 Å². The Morgan fingerprint density at radius 3 is 2.47 bits per heavy atom. The third-order valence-electron chi connectivity index (χ3n) is 2.08. The zero-order valence-corrected chi connectivity index (χ0v) is 10.1. The molecular weight excluding hydrogens is 256 g/mol. The van der Waals surface area contributed by atoms with Crippen molar-refractivity contribution in [2.75, 3.05) is 13.7 Å². The number of nitro benzene ring substituents is 1. The van der Waals surface area contributed by atoms with Crippen molar-refractivity contribution in [1.29, 1.82) is 0 Å². The second kappa shape index (κ2) is 6.94. The molecule has 102 valence electrons. The number of hydrogen-bond acceptors (Lipinski definition) is 6. The Hall–Kier alpha value is -2.64. The zero-order chi connectivity index (χ0) is 14.3. The van der Waals surface area contributed by atoms with Crippen molar-refractivity contribution >= 4 is 17.7 Å². The molecule has 1 N–H and O–H groups in total. The fourth-order valence-corrected chi connectivity index (χ4v) is 1.15. The van der Waals surface area contributed by atoms with Crippen LogP contribution in [0.1, 0.15) is 6.42 Å². The maximum atomic E-state index is 11.3. The normalized spacial score (nSPS) is 9.53. The van der Waals surface area contributed by atoms with Crippen LogP contribution in [-0.4, -0.2) is 30.6 Å². The number of hydrogen-bond donors (Lipinski definition) is 1. The number of amides is 1. The Morgan fingerprint density at radius 1 is 1.32 bits per heavy atom. The lowest BCUT2D eigenvalue weighted by molar-refractivity contribution is -0.384. The lowest BCUT2D eigenvalue weighted by atomic mass is 10.3. The van der Waals surface area contributed by atoms with Crippen LogP contribution >= 0.6 is 0 Å². The van der Waals surface area contributed by atoms with E-state index in [0.29, 0.717) is 0 Å². The van der Waals surface area contributed by atoms with Crippen LogP contribution in [0.3, 0.4) is 0 Å². The summed E-state index contributed by atoms with van der Waals surface area (Å²) < 4.78 is 9.23. The predicted molar refractivity (Wildman–Crippen MR) is 63.8 cm³/mol. The molecule has 1 amide bonds. The summed E-state index contributed by atoms with van der Waals surface area (Å²) >= 11 is 0. The van der Waals surface area contributed by atoms with Gasteiger partial charge in [0.25, 0.3) is 5.69 Å². The van der Waals surface area contributed by atoms with Gasteiger partial charge in [-0.05, 0) is 12.1 Å². The highest BCUT2D eigenvalue weighted by Crippen LogP contribution is 2.17. The first-order valence-electron chi connectivity index (χ1n) is 5.30. The minimum atomic E-state index is -0.752. The van der Waals surface area contributed by atoms with E-state index in [-0.39, 0.29) is 24.4 Å². The smallest absolute Gasteiger partial charge is 0.412 e. The quantitative estimate of drug-likeness (QED) is 0.489. The van der Waals surface area contributed by atoms with Crippen LogP contribution in [0.4, 0.5) is 10.5 Å². The van der Waals surface area contributed by atoms with Crippen LogP contribution < -0.4 is 10.1 Å². The summed E-state index contributed by atoms with van der Waals surface area (Å²) in [5.74, 6) is -0.281. The van der Waals surface area contributed by atoms with Crippen LogP contribution in [0.25, 0.3) is 0 Å². The van der Waals surface area contributed by atoms with Crippen molar-refractivity contribution in [3.63, 3.8) is 0 Å². The minimum absolute atomic E-state index is 0.0336. The molecule has 0 radical (unpaired) electrons. The van der Waals surface area contributed by atoms with Gasteiger partial charge in [-0.2, -0.15) is 0 Å². The molecule has 0 saturated carbocycles. The van der Waals surface area contributed by atoms with Gasteiger partial charge in [0.2, 0.25) is 0 Å². The lowest BCUT2D eigenvalue weighted by Crippen LogP contribution is -2.29. The summed E-state index contributed by atoms with van der Waals surface area (Å²) in [6.07, 6.45) is -0.718. The molecular formula is C11H12N2O6. The van der Waals surface area contributed by atoms with Gasteiger partial charge >= 0.3 is 12.1 Å². The number of nitrogens with one attached hydrogen (secondary N) is 1. The highest BCUT2D eigenvalue weighted by Gasteiger charge is 2.08. The first kappa shape index (κ1) is 14.4. The van der Waals surface area contributed by atoms with E-state index in [4.69, 9.17) is 4.74 Å². The molecule has 1 rings (SSSR count). The fourth-order valence-electron chi connectivity index (χ4n) is 1.15. The summed E-state index contributed by atoms with van der Waals surface area (Å²) in [6, 6.07) is 5.05. The Balaban J connectivity index is 2.40. The molecule has 1 aromatic rings. The van der Waals surface area contributed by atoms with E-state index in [1.165, 1.54) is 31.4 Å². The van der Waals surface area contributed by atoms with Crippen LogP contribution in [0, 0.1) is 10.1 Å². The van der Waals surface area contributed by atoms with Crippen molar-refractivity contribution in [2.24, 2.45) is 0 Å². The van der Waals surface area contributed by atoms with E-state index in [2.05, 4.69) is 10.1 Å². The molecule has 0 spiro atoms. The van der Waals surface area contributed by atoms with E-state index in [1.54, 1.807) is 0 Å². The van der Waals surface area contributed by atoms with Gasteiger partial charge in [-0.3, -0.25) is 14.9 Å². The fraction of sp³-hybridized carbons (Fsp3) is 0.273. The van der Waals surface area contributed by atoms with Crippen molar-refractivity contribution in [2.45, 2.75) is 6.42 Å². The van der Waals surface area contributed by atoms with Crippen LogP contribution in [0.15, 0.2) is 24.3 Å². The molecule has 0 saturated heterocycles. The number of benzene rings is 1. The van der Waals surface area contributed by atoms with Crippen molar-refractivity contribution < 1.29 is 24.0 Å². The number of nitro groups is 1. The second-order valence-corrected chi connectivity index (χ2v) is 3.39. The molecule has 8 nitrogen and oxygen atoms in total. The number of carbonyl (C=O) groups is 2. The van der Waals surface area contributed by atoms with Crippen LogP contribution in [0.2, 0.25) is 0 Å². The summed E-state index contributed by atoms with van der Waals surface area (Å²) in [5.41, 5.74) is -0.0987. The van der Waals surface area contributed by atoms with Crippen molar-refractivity contribution in [1.82, 2.24) is 5.32 Å². The molecule has 0 heterocycles. The van der Waals surface area contributed by atoms with E-state index in [9.17, 15) is 19.7 Å². The van der Waals surface area contributed by atoms with Crippen LogP contribution in [0.5, 0.6) is 5.75 Å². The maximum Gasteiger partial charge on any atom is 0.412 e. The summed E-state index contributed by atoms with van der Waals surface area (Å²) in [6.45, 7) is 0.0818. The van der Waals surface area contributed by atoms with Gasteiger partial charge in [0, 0.05) is 18.7 Å². The van der Waals surface area contributed by atoms with Crippen molar-refractivity contribution in [3.05, 3.63) is 34.4 Å². The van der Waals surface area contributed by atoms with E-state index >= 15 is 0 Å². The molecule has 0 aromatic heterocycles. The van der Waals surface area contributed by atoms with E-state index < -0.39 is 17.0 Å². The highest BCUT2D eigenvalue weighted by molar-refractivity contribution is 5.73. The number of methoxy groups -OCH3 is 1. The van der Waals surface area contributed by atoms with Gasteiger partial charge in [0.1, 0.15) is 5.75 Å². The number of non-ortho nitro benzene ring substituents is 1. The number of ether oxygens (including phenoxy) is 2. The molecule has 1 aromatic carbocycles. The lowest BCUT2D eigenvalue weighted by Gasteiger charge is -2.05. The largest absolute Gasteiger partial charge is 0.469 e. The predicted octanol–water partition coefficient (Wildman–Crippen LogP) is 1.25. The molecule has 0 aliphatic rings. The summed E-state index contributed by atoms with van der Waals surface area (Å²) in [5, 5.41) is 12.7. The van der Waals surface area contributed by atoms with Gasteiger partial charge < -0.3 is 14.8 Å². The first-order chi connectivity index (χ1) is 9.02. The highest BCUT2D eigenvalue weighted by atomic mass is 16.6. The molecule has 0 bridgehead atoms. The Morgan fingerprint density at radius 2 is 1.95 bits per heavy atom. The standard InChI is InChI=1S/C11H12N2O6/c1-18-10(14)6-7-12-11(15)19-9-4-2-8(3-5-9)13(16)17/h2-5H,6-7H2,1H3,(H,12,15). The van der Waals surface area contributed by atoms with Gasteiger partial charge in [-0.25, -0.2) is 4.79 Å². The average Bonchev–Trinajstić information content (AvgIpc) is 2.39. The van der Waals surface area contributed by atoms with E-state index in [1.807, 2.05) is 0 Å². The monoisotopic (exact) mass is 268 g/mol. The first-order valence-corrected chi connectivity index (χ1v) is 5.30. The maximum absolute atomic E-state index is 11.3. The summed E-state index contributed by atoms with van der Waals surface area (Å²) in [7, 11) is 1.25.